The van der Waals surface area contributed by atoms with Crippen LogP contribution in [0.1, 0.15) is 18.5 Å². The van der Waals surface area contributed by atoms with Gasteiger partial charge in [-0.15, -0.1) is 11.6 Å². The summed E-state index contributed by atoms with van der Waals surface area (Å²) >= 11 is 6.05. The van der Waals surface area contributed by atoms with Gasteiger partial charge in [0.05, 0.1) is 11.1 Å². The number of rotatable bonds is 1. The molecule has 1 aliphatic heterocycles. The molecule has 0 saturated carbocycles. The van der Waals surface area contributed by atoms with Crippen molar-refractivity contribution in [1.82, 2.24) is 9.97 Å². The molecule has 0 radical (unpaired) electrons. The molecule has 15 heavy (non-hydrogen) atoms. The third-order valence-corrected chi connectivity index (χ3v) is 2.97. The van der Waals surface area contributed by atoms with Gasteiger partial charge in [0.15, 0.2) is 11.6 Å². The highest BCUT2D eigenvalue weighted by atomic mass is 35.5. The third-order valence-electron chi connectivity index (χ3n) is 2.61. The number of nitrogens with zero attached hydrogens (tertiary/aromatic N) is 3. The molecule has 2 rings (SSSR count). The topological polar surface area (TPSA) is 29.0 Å². The van der Waals surface area contributed by atoms with Crippen molar-refractivity contribution in [1.29, 1.82) is 0 Å². The Labute approximate surface area is 93.3 Å². The highest BCUT2D eigenvalue weighted by molar-refractivity contribution is 6.21. The number of anilines is 1. The van der Waals surface area contributed by atoms with Crippen molar-refractivity contribution in [2.75, 3.05) is 18.0 Å². The van der Waals surface area contributed by atoms with Gasteiger partial charge in [-0.2, -0.15) is 0 Å². The van der Waals surface area contributed by atoms with Crippen molar-refractivity contribution >= 4 is 17.4 Å². The second kappa shape index (κ2) is 4.31. The number of hydrogen-bond acceptors (Lipinski definition) is 3. The molecular formula is C10H13ClFN3. The summed E-state index contributed by atoms with van der Waals surface area (Å²) in [4.78, 5) is 9.68. The third kappa shape index (κ3) is 2.20. The second-order valence-electron chi connectivity index (χ2n) is 3.78. The molecular weight excluding hydrogens is 217 g/mol. The largest absolute Gasteiger partial charge is 0.353 e. The SMILES string of the molecule is Cc1ncnc(N2CCCC(Cl)C2)c1F. The zero-order valence-electron chi connectivity index (χ0n) is 8.58. The van der Waals surface area contributed by atoms with Gasteiger partial charge in [-0.1, -0.05) is 0 Å². The molecule has 82 valence electrons. The molecule has 1 aromatic heterocycles. The fourth-order valence-electron chi connectivity index (χ4n) is 1.78. The lowest BCUT2D eigenvalue weighted by Crippen LogP contribution is -2.37. The zero-order valence-corrected chi connectivity index (χ0v) is 9.34. The quantitative estimate of drug-likeness (QED) is 0.691. The van der Waals surface area contributed by atoms with Crippen LogP contribution in [0.4, 0.5) is 10.2 Å². The van der Waals surface area contributed by atoms with Gasteiger partial charge in [-0.05, 0) is 19.8 Å². The fraction of sp³-hybridized carbons (Fsp3) is 0.600. The van der Waals surface area contributed by atoms with Crippen molar-refractivity contribution in [2.45, 2.75) is 25.1 Å². The Kier molecular flexibility index (Phi) is 3.05. The van der Waals surface area contributed by atoms with Crippen LogP contribution in [-0.2, 0) is 0 Å². The van der Waals surface area contributed by atoms with Crippen molar-refractivity contribution in [3.8, 4) is 0 Å². The number of aromatic nitrogens is 2. The highest BCUT2D eigenvalue weighted by Crippen LogP contribution is 2.23. The monoisotopic (exact) mass is 229 g/mol. The van der Waals surface area contributed by atoms with E-state index in [1.807, 2.05) is 4.90 Å². The number of aryl methyl sites for hydroxylation is 1. The summed E-state index contributed by atoms with van der Waals surface area (Å²) in [6.45, 7) is 3.12. The normalized spacial score (nSPS) is 21.8. The maximum absolute atomic E-state index is 13.7. The Morgan fingerprint density at radius 3 is 3.07 bits per heavy atom. The van der Waals surface area contributed by atoms with Gasteiger partial charge in [0.2, 0.25) is 0 Å². The minimum atomic E-state index is -0.330. The number of alkyl halides is 1. The summed E-state index contributed by atoms with van der Waals surface area (Å²) in [6, 6.07) is 0. The van der Waals surface area contributed by atoms with Crippen LogP contribution < -0.4 is 4.90 Å². The molecule has 5 heteroatoms. The number of halogens is 2. The van der Waals surface area contributed by atoms with E-state index in [0.29, 0.717) is 18.1 Å². The fourth-order valence-corrected chi connectivity index (χ4v) is 2.10. The lowest BCUT2D eigenvalue weighted by atomic mass is 10.1. The van der Waals surface area contributed by atoms with Crippen LogP contribution in [0.5, 0.6) is 0 Å². The molecule has 1 fully saturated rings. The van der Waals surface area contributed by atoms with E-state index in [4.69, 9.17) is 11.6 Å². The van der Waals surface area contributed by atoms with Crippen LogP contribution in [0.15, 0.2) is 6.33 Å². The van der Waals surface area contributed by atoms with E-state index >= 15 is 0 Å². The molecule has 1 aromatic rings. The van der Waals surface area contributed by atoms with Crippen molar-refractivity contribution in [2.24, 2.45) is 0 Å². The molecule has 1 unspecified atom stereocenters. The predicted molar refractivity (Wildman–Crippen MR) is 57.8 cm³/mol. The molecule has 1 saturated heterocycles. The lowest BCUT2D eigenvalue weighted by molar-refractivity contribution is 0.547. The number of hydrogen-bond donors (Lipinski definition) is 0. The van der Waals surface area contributed by atoms with E-state index in [-0.39, 0.29) is 11.2 Å². The van der Waals surface area contributed by atoms with E-state index in [0.717, 1.165) is 19.4 Å². The average molecular weight is 230 g/mol. The van der Waals surface area contributed by atoms with Crippen LogP contribution >= 0.6 is 11.6 Å². The van der Waals surface area contributed by atoms with Crippen molar-refractivity contribution in [3.05, 3.63) is 17.8 Å². The van der Waals surface area contributed by atoms with Gasteiger partial charge in [0.25, 0.3) is 0 Å². The molecule has 0 amide bonds. The van der Waals surface area contributed by atoms with E-state index in [1.54, 1.807) is 6.92 Å². The Balaban J connectivity index is 2.24. The van der Waals surface area contributed by atoms with Crippen LogP contribution in [-0.4, -0.2) is 28.4 Å². The first-order chi connectivity index (χ1) is 7.18. The molecule has 3 nitrogen and oxygen atoms in total. The van der Waals surface area contributed by atoms with E-state index in [9.17, 15) is 4.39 Å². The van der Waals surface area contributed by atoms with Gasteiger partial charge in [-0.3, -0.25) is 0 Å². The highest BCUT2D eigenvalue weighted by Gasteiger charge is 2.22. The first kappa shape index (κ1) is 10.6. The van der Waals surface area contributed by atoms with E-state index in [1.165, 1.54) is 6.33 Å². The maximum Gasteiger partial charge on any atom is 0.186 e. The van der Waals surface area contributed by atoms with Gasteiger partial charge < -0.3 is 4.90 Å². The second-order valence-corrected chi connectivity index (χ2v) is 4.40. The maximum atomic E-state index is 13.7. The molecule has 0 aromatic carbocycles. The Morgan fingerprint density at radius 2 is 2.33 bits per heavy atom. The van der Waals surface area contributed by atoms with Crippen LogP contribution in [0.3, 0.4) is 0 Å². The lowest BCUT2D eigenvalue weighted by Gasteiger charge is -2.30. The van der Waals surface area contributed by atoms with Crippen LogP contribution in [0.25, 0.3) is 0 Å². The Hall–Kier alpha value is -0.900. The zero-order chi connectivity index (χ0) is 10.8. The summed E-state index contributed by atoms with van der Waals surface area (Å²) in [7, 11) is 0. The molecule has 1 aliphatic rings. The van der Waals surface area contributed by atoms with Crippen molar-refractivity contribution < 1.29 is 4.39 Å². The standard InChI is InChI=1S/C10H13ClFN3/c1-7-9(12)10(14-6-13-7)15-4-2-3-8(11)5-15/h6,8H,2-5H2,1H3. The summed E-state index contributed by atoms with van der Waals surface area (Å²) in [5, 5.41) is 0.0911. The van der Waals surface area contributed by atoms with E-state index < -0.39 is 0 Å². The molecule has 2 heterocycles. The van der Waals surface area contributed by atoms with Crippen LogP contribution in [0.2, 0.25) is 0 Å². The molecule has 0 N–H and O–H groups in total. The van der Waals surface area contributed by atoms with E-state index in [2.05, 4.69) is 9.97 Å². The van der Waals surface area contributed by atoms with Gasteiger partial charge in [0.1, 0.15) is 6.33 Å². The Morgan fingerprint density at radius 1 is 1.53 bits per heavy atom. The summed E-state index contributed by atoms with van der Waals surface area (Å²) in [5.74, 6) is 0.0520. The van der Waals surface area contributed by atoms with Gasteiger partial charge >= 0.3 is 0 Å². The first-order valence-electron chi connectivity index (χ1n) is 5.04. The molecule has 0 aliphatic carbocycles. The summed E-state index contributed by atoms with van der Waals surface area (Å²) in [6.07, 6.45) is 3.37. The smallest absolute Gasteiger partial charge is 0.186 e. The predicted octanol–water partition coefficient (Wildman–Crippen LogP) is 2.13. The molecule has 0 spiro atoms. The Bertz CT molecular complexity index is 359. The first-order valence-corrected chi connectivity index (χ1v) is 5.48. The number of piperidine rings is 1. The van der Waals surface area contributed by atoms with Gasteiger partial charge in [0, 0.05) is 13.1 Å². The summed E-state index contributed by atoms with van der Waals surface area (Å²) < 4.78 is 13.7. The van der Waals surface area contributed by atoms with Gasteiger partial charge in [-0.25, -0.2) is 14.4 Å². The minimum Gasteiger partial charge on any atom is -0.353 e. The minimum absolute atomic E-state index is 0.0911. The van der Waals surface area contributed by atoms with Crippen molar-refractivity contribution in [3.63, 3.8) is 0 Å². The average Bonchev–Trinajstić information content (AvgIpc) is 2.22. The molecule has 0 bridgehead atoms. The molecule has 1 atom stereocenters. The van der Waals surface area contributed by atoms with Crippen LogP contribution in [0, 0.1) is 12.7 Å². The summed E-state index contributed by atoms with van der Waals surface area (Å²) in [5.41, 5.74) is 0.386.